The molecule has 0 atom stereocenters. The van der Waals surface area contributed by atoms with E-state index < -0.39 is 16.9 Å². The van der Waals surface area contributed by atoms with E-state index in [0.717, 1.165) is 0 Å². The van der Waals surface area contributed by atoms with Gasteiger partial charge in [-0.1, -0.05) is 12.1 Å². The van der Waals surface area contributed by atoms with Gasteiger partial charge in [0, 0.05) is 0 Å². The molecule has 1 rings (SSSR count). The predicted octanol–water partition coefficient (Wildman–Crippen LogP) is 3.41. The van der Waals surface area contributed by atoms with E-state index in [4.69, 9.17) is 16.3 Å². The van der Waals surface area contributed by atoms with Crippen LogP contribution >= 0.6 is 11.6 Å². The molecule has 0 aliphatic rings. The number of hydrogen-bond donors (Lipinski definition) is 1. The van der Waals surface area contributed by atoms with Gasteiger partial charge in [0.15, 0.2) is 0 Å². The van der Waals surface area contributed by atoms with Crippen molar-refractivity contribution in [3.8, 4) is 0 Å². The van der Waals surface area contributed by atoms with Gasteiger partial charge in [-0.25, -0.2) is 4.79 Å². The SMILES string of the molecule is CC(C)(C)OC(=O)Nc1ccccc1C(=O)Cl. The van der Waals surface area contributed by atoms with E-state index in [2.05, 4.69) is 5.32 Å². The van der Waals surface area contributed by atoms with E-state index in [9.17, 15) is 9.59 Å². The van der Waals surface area contributed by atoms with E-state index in [-0.39, 0.29) is 5.56 Å². The average Bonchev–Trinajstić information content (AvgIpc) is 2.14. The van der Waals surface area contributed by atoms with Crippen molar-refractivity contribution in [3.05, 3.63) is 29.8 Å². The van der Waals surface area contributed by atoms with Crippen LogP contribution in [0.3, 0.4) is 0 Å². The summed E-state index contributed by atoms with van der Waals surface area (Å²) in [6.07, 6.45) is -0.622. The highest BCUT2D eigenvalue weighted by molar-refractivity contribution is 6.68. The summed E-state index contributed by atoms with van der Waals surface area (Å²) in [7, 11) is 0. The van der Waals surface area contributed by atoms with Crippen molar-refractivity contribution < 1.29 is 14.3 Å². The fourth-order valence-corrected chi connectivity index (χ4v) is 1.34. The Morgan fingerprint density at radius 1 is 1.24 bits per heavy atom. The molecule has 4 nitrogen and oxygen atoms in total. The smallest absolute Gasteiger partial charge is 0.412 e. The van der Waals surface area contributed by atoms with Gasteiger partial charge in [0.1, 0.15) is 5.60 Å². The largest absolute Gasteiger partial charge is 0.444 e. The zero-order chi connectivity index (χ0) is 13.1. The highest BCUT2D eigenvalue weighted by atomic mass is 35.5. The molecule has 17 heavy (non-hydrogen) atoms. The van der Waals surface area contributed by atoms with Crippen LogP contribution in [-0.2, 0) is 4.74 Å². The standard InChI is InChI=1S/C12H14ClNO3/c1-12(2,3)17-11(16)14-9-7-5-4-6-8(9)10(13)15/h4-7H,1-3H3,(H,14,16). The van der Waals surface area contributed by atoms with Crippen LogP contribution in [0.15, 0.2) is 24.3 Å². The number of ether oxygens (including phenoxy) is 1. The van der Waals surface area contributed by atoms with E-state index in [0.29, 0.717) is 5.69 Å². The molecule has 0 bridgehead atoms. The first-order valence-electron chi connectivity index (χ1n) is 5.08. The molecule has 0 aliphatic carbocycles. The van der Waals surface area contributed by atoms with Crippen molar-refractivity contribution in [2.45, 2.75) is 26.4 Å². The third-order valence-corrected chi connectivity index (χ3v) is 1.98. The molecule has 0 heterocycles. The minimum Gasteiger partial charge on any atom is -0.444 e. The Labute approximate surface area is 105 Å². The second-order valence-electron chi connectivity index (χ2n) is 4.45. The van der Waals surface area contributed by atoms with Gasteiger partial charge in [-0.05, 0) is 44.5 Å². The first-order chi connectivity index (χ1) is 7.79. The summed E-state index contributed by atoms with van der Waals surface area (Å²) in [5.74, 6) is 0. The maximum absolute atomic E-state index is 11.5. The molecule has 0 aliphatic heterocycles. The maximum Gasteiger partial charge on any atom is 0.412 e. The van der Waals surface area contributed by atoms with Gasteiger partial charge in [-0.3, -0.25) is 10.1 Å². The van der Waals surface area contributed by atoms with Crippen molar-refractivity contribution in [1.29, 1.82) is 0 Å². The first-order valence-corrected chi connectivity index (χ1v) is 5.46. The molecule has 1 N–H and O–H groups in total. The third kappa shape index (κ3) is 4.44. The lowest BCUT2D eigenvalue weighted by Crippen LogP contribution is -2.27. The quantitative estimate of drug-likeness (QED) is 0.824. The molecule has 0 fully saturated rings. The summed E-state index contributed by atoms with van der Waals surface area (Å²) in [6, 6.07) is 6.47. The van der Waals surface area contributed by atoms with Crippen LogP contribution in [0.5, 0.6) is 0 Å². The summed E-state index contributed by atoms with van der Waals surface area (Å²) >= 11 is 5.39. The van der Waals surface area contributed by atoms with Crippen LogP contribution < -0.4 is 5.32 Å². The number of benzene rings is 1. The molecule has 0 unspecified atom stereocenters. The summed E-state index contributed by atoms with van der Waals surface area (Å²) < 4.78 is 5.07. The predicted molar refractivity (Wildman–Crippen MR) is 66.5 cm³/mol. The first kappa shape index (κ1) is 13.5. The number of carbonyl (C=O) groups is 2. The molecule has 5 heteroatoms. The van der Waals surface area contributed by atoms with Crippen LogP contribution in [0.4, 0.5) is 10.5 Å². The Hall–Kier alpha value is -1.55. The van der Waals surface area contributed by atoms with Gasteiger partial charge in [-0.15, -0.1) is 0 Å². The molecule has 1 aromatic rings. The third-order valence-electron chi connectivity index (χ3n) is 1.77. The number of halogens is 1. The number of carbonyl (C=O) groups excluding carboxylic acids is 2. The Morgan fingerprint density at radius 2 is 1.82 bits per heavy atom. The second-order valence-corrected chi connectivity index (χ2v) is 4.79. The molecular weight excluding hydrogens is 242 g/mol. The highest BCUT2D eigenvalue weighted by Gasteiger charge is 2.18. The number of hydrogen-bond acceptors (Lipinski definition) is 3. The van der Waals surface area contributed by atoms with Crippen LogP contribution in [0.1, 0.15) is 31.1 Å². The Bertz CT molecular complexity index is 438. The molecule has 92 valence electrons. The van der Waals surface area contributed by atoms with Crippen molar-refractivity contribution in [2.24, 2.45) is 0 Å². The molecule has 0 spiro atoms. The van der Waals surface area contributed by atoms with Crippen LogP contribution in [0.25, 0.3) is 0 Å². The lowest BCUT2D eigenvalue weighted by atomic mass is 10.2. The van der Waals surface area contributed by atoms with Crippen molar-refractivity contribution in [1.82, 2.24) is 0 Å². The molecule has 0 saturated carbocycles. The fraction of sp³-hybridized carbons (Fsp3) is 0.333. The van der Waals surface area contributed by atoms with Gasteiger partial charge in [0.2, 0.25) is 0 Å². The molecule has 1 amide bonds. The minimum absolute atomic E-state index is 0.236. The number of nitrogens with one attached hydrogen (secondary N) is 1. The van der Waals surface area contributed by atoms with Crippen molar-refractivity contribution >= 4 is 28.6 Å². The van der Waals surface area contributed by atoms with Gasteiger partial charge in [-0.2, -0.15) is 0 Å². The Kier molecular flexibility index (Phi) is 4.12. The topological polar surface area (TPSA) is 55.4 Å². The zero-order valence-electron chi connectivity index (χ0n) is 9.91. The van der Waals surface area contributed by atoms with Crippen LogP contribution in [0.2, 0.25) is 0 Å². The number of para-hydroxylation sites is 1. The lowest BCUT2D eigenvalue weighted by Gasteiger charge is -2.20. The monoisotopic (exact) mass is 255 g/mol. The lowest BCUT2D eigenvalue weighted by molar-refractivity contribution is 0.0636. The molecule has 0 saturated heterocycles. The molecule has 0 aromatic heterocycles. The number of rotatable bonds is 2. The number of anilines is 1. The Balaban J connectivity index is 2.82. The summed E-state index contributed by atoms with van der Waals surface area (Å²) in [6.45, 7) is 5.27. The number of amides is 1. The highest BCUT2D eigenvalue weighted by Crippen LogP contribution is 2.18. The maximum atomic E-state index is 11.5. The summed E-state index contributed by atoms with van der Waals surface area (Å²) in [4.78, 5) is 22.6. The fourth-order valence-electron chi connectivity index (χ4n) is 1.18. The summed E-state index contributed by atoms with van der Waals surface area (Å²) in [5, 5.41) is 1.85. The van der Waals surface area contributed by atoms with Crippen molar-refractivity contribution in [2.75, 3.05) is 5.32 Å². The molecule has 1 aromatic carbocycles. The van der Waals surface area contributed by atoms with E-state index in [1.807, 2.05) is 0 Å². The van der Waals surface area contributed by atoms with Crippen LogP contribution in [-0.4, -0.2) is 16.9 Å². The summed E-state index contributed by atoms with van der Waals surface area (Å²) in [5.41, 5.74) is -0.0222. The molecular formula is C12H14ClNO3. The van der Waals surface area contributed by atoms with Gasteiger partial charge in [0.05, 0.1) is 11.3 Å². The van der Waals surface area contributed by atoms with Gasteiger partial charge >= 0.3 is 6.09 Å². The minimum atomic E-state index is -0.628. The van der Waals surface area contributed by atoms with E-state index in [1.54, 1.807) is 39.0 Å². The second kappa shape index (κ2) is 5.19. The van der Waals surface area contributed by atoms with Gasteiger partial charge in [0.25, 0.3) is 5.24 Å². The van der Waals surface area contributed by atoms with Crippen molar-refractivity contribution in [3.63, 3.8) is 0 Å². The Morgan fingerprint density at radius 3 is 2.35 bits per heavy atom. The molecule has 0 radical (unpaired) electrons. The van der Waals surface area contributed by atoms with Crippen LogP contribution in [0, 0.1) is 0 Å². The average molecular weight is 256 g/mol. The zero-order valence-corrected chi connectivity index (χ0v) is 10.7. The van der Waals surface area contributed by atoms with E-state index >= 15 is 0 Å². The van der Waals surface area contributed by atoms with Gasteiger partial charge < -0.3 is 4.74 Å². The van der Waals surface area contributed by atoms with E-state index in [1.165, 1.54) is 6.07 Å². The normalized spacial score (nSPS) is 10.8.